The summed E-state index contributed by atoms with van der Waals surface area (Å²) in [4.78, 5) is 30.1. The molecule has 3 heteroatoms. The standard InChI is InChI=1S/C21H17NO2/c1-3-13-11-18(22-17-9-8-12(2)10-16(13)17)19-20(23)14-6-4-5-7-15(14)21(19)24/h4-11,19H,3H2,1-2H3. The van der Waals surface area contributed by atoms with E-state index in [-0.39, 0.29) is 11.6 Å². The summed E-state index contributed by atoms with van der Waals surface area (Å²) in [6, 6.07) is 15.0. The van der Waals surface area contributed by atoms with Crippen molar-refractivity contribution in [2.45, 2.75) is 26.2 Å². The number of hydrogen-bond acceptors (Lipinski definition) is 3. The molecule has 3 nitrogen and oxygen atoms in total. The lowest BCUT2D eigenvalue weighted by Crippen LogP contribution is -2.15. The number of hydrogen-bond donors (Lipinski definition) is 0. The molecule has 0 saturated heterocycles. The van der Waals surface area contributed by atoms with Crippen LogP contribution in [0.2, 0.25) is 0 Å². The van der Waals surface area contributed by atoms with Crippen molar-refractivity contribution in [3.63, 3.8) is 0 Å². The van der Waals surface area contributed by atoms with E-state index in [1.54, 1.807) is 24.3 Å². The Balaban J connectivity index is 1.90. The van der Waals surface area contributed by atoms with E-state index in [0.29, 0.717) is 16.8 Å². The first-order valence-corrected chi connectivity index (χ1v) is 8.17. The molecule has 0 fully saturated rings. The fraction of sp³-hybridized carbons (Fsp3) is 0.190. The fourth-order valence-corrected chi connectivity index (χ4v) is 3.48. The second kappa shape index (κ2) is 5.38. The van der Waals surface area contributed by atoms with Gasteiger partial charge in [-0.2, -0.15) is 0 Å². The van der Waals surface area contributed by atoms with Gasteiger partial charge >= 0.3 is 0 Å². The number of aryl methyl sites for hydroxylation is 2. The van der Waals surface area contributed by atoms with Crippen molar-refractivity contribution >= 4 is 22.5 Å². The average Bonchev–Trinajstić information content (AvgIpc) is 2.85. The van der Waals surface area contributed by atoms with Gasteiger partial charge in [-0.3, -0.25) is 14.6 Å². The summed E-state index contributed by atoms with van der Waals surface area (Å²) in [5.41, 5.74) is 4.72. The van der Waals surface area contributed by atoms with Crippen molar-refractivity contribution in [3.05, 3.63) is 76.5 Å². The smallest absolute Gasteiger partial charge is 0.180 e. The Bertz CT molecular complexity index is 969. The number of fused-ring (bicyclic) bond motifs is 2. The molecule has 1 heterocycles. The first-order chi connectivity index (χ1) is 11.6. The van der Waals surface area contributed by atoms with Crippen LogP contribution >= 0.6 is 0 Å². The minimum absolute atomic E-state index is 0.142. The minimum atomic E-state index is -0.807. The monoisotopic (exact) mass is 315 g/mol. The molecule has 4 rings (SSSR count). The van der Waals surface area contributed by atoms with Crippen molar-refractivity contribution in [2.75, 3.05) is 0 Å². The quantitative estimate of drug-likeness (QED) is 0.664. The third-order valence-electron chi connectivity index (χ3n) is 4.73. The Morgan fingerprint density at radius 3 is 2.25 bits per heavy atom. The second-order valence-corrected chi connectivity index (χ2v) is 6.29. The minimum Gasteiger partial charge on any atom is -0.293 e. The van der Waals surface area contributed by atoms with Crippen LogP contribution in [0.25, 0.3) is 10.9 Å². The Labute approximate surface area is 140 Å². The highest BCUT2D eigenvalue weighted by atomic mass is 16.2. The van der Waals surface area contributed by atoms with E-state index < -0.39 is 5.92 Å². The lowest BCUT2D eigenvalue weighted by molar-refractivity contribution is 0.0888. The highest BCUT2D eigenvalue weighted by Crippen LogP contribution is 2.34. The summed E-state index contributed by atoms with van der Waals surface area (Å²) < 4.78 is 0. The van der Waals surface area contributed by atoms with Crippen LogP contribution in [0.15, 0.2) is 48.5 Å². The van der Waals surface area contributed by atoms with Crippen LogP contribution in [-0.2, 0) is 6.42 Å². The van der Waals surface area contributed by atoms with E-state index in [1.165, 1.54) is 5.56 Å². The zero-order valence-corrected chi connectivity index (χ0v) is 13.7. The van der Waals surface area contributed by atoms with Gasteiger partial charge in [-0.05, 0) is 37.1 Å². The Kier molecular flexibility index (Phi) is 3.31. The Morgan fingerprint density at radius 2 is 1.62 bits per heavy atom. The van der Waals surface area contributed by atoms with Crippen LogP contribution in [0.3, 0.4) is 0 Å². The van der Waals surface area contributed by atoms with E-state index >= 15 is 0 Å². The summed E-state index contributed by atoms with van der Waals surface area (Å²) in [6.45, 7) is 4.13. The summed E-state index contributed by atoms with van der Waals surface area (Å²) in [6.07, 6.45) is 0.831. The molecule has 118 valence electrons. The SMILES string of the molecule is CCc1cc(C2C(=O)c3ccccc3C2=O)nc2ccc(C)cc12. The van der Waals surface area contributed by atoms with E-state index in [2.05, 4.69) is 18.0 Å². The molecule has 1 aromatic heterocycles. The molecule has 0 amide bonds. The molecule has 2 aromatic carbocycles. The molecule has 0 radical (unpaired) electrons. The van der Waals surface area contributed by atoms with Gasteiger partial charge in [-0.15, -0.1) is 0 Å². The van der Waals surface area contributed by atoms with Crippen LogP contribution in [-0.4, -0.2) is 16.6 Å². The zero-order valence-electron chi connectivity index (χ0n) is 13.7. The summed E-state index contributed by atoms with van der Waals surface area (Å²) in [5.74, 6) is -1.09. The van der Waals surface area contributed by atoms with Crippen LogP contribution in [0.5, 0.6) is 0 Å². The van der Waals surface area contributed by atoms with Crippen LogP contribution in [0, 0.1) is 6.92 Å². The number of pyridine rings is 1. The van der Waals surface area contributed by atoms with Gasteiger partial charge < -0.3 is 0 Å². The van der Waals surface area contributed by atoms with Crippen LogP contribution in [0.4, 0.5) is 0 Å². The Hall–Kier alpha value is -2.81. The number of nitrogens with zero attached hydrogens (tertiary/aromatic N) is 1. The molecule has 24 heavy (non-hydrogen) atoms. The first-order valence-electron chi connectivity index (χ1n) is 8.17. The Morgan fingerprint density at radius 1 is 0.958 bits per heavy atom. The van der Waals surface area contributed by atoms with Crippen LogP contribution in [0.1, 0.15) is 50.4 Å². The van der Waals surface area contributed by atoms with E-state index in [1.807, 2.05) is 25.1 Å². The van der Waals surface area contributed by atoms with Gasteiger partial charge in [0.2, 0.25) is 0 Å². The van der Waals surface area contributed by atoms with Crippen molar-refractivity contribution in [2.24, 2.45) is 0 Å². The predicted octanol–water partition coefficient (Wildman–Crippen LogP) is 4.27. The average molecular weight is 315 g/mol. The topological polar surface area (TPSA) is 47.0 Å². The van der Waals surface area contributed by atoms with Crippen molar-refractivity contribution < 1.29 is 9.59 Å². The molecule has 1 aliphatic rings. The lowest BCUT2D eigenvalue weighted by atomic mass is 9.95. The third-order valence-corrected chi connectivity index (χ3v) is 4.73. The molecule has 0 N–H and O–H groups in total. The van der Waals surface area contributed by atoms with Gasteiger partial charge in [0.1, 0.15) is 5.92 Å². The molecule has 3 aromatic rings. The molecule has 0 aliphatic heterocycles. The van der Waals surface area contributed by atoms with E-state index in [4.69, 9.17) is 0 Å². The highest BCUT2D eigenvalue weighted by molar-refractivity contribution is 6.29. The number of rotatable bonds is 2. The normalized spacial score (nSPS) is 14.4. The largest absolute Gasteiger partial charge is 0.293 e. The van der Waals surface area contributed by atoms with Gasteiger partial charge in [0.15, 0.2) is 11.6 Å². The van der Waals surface area contributed by atoms with Gasteiger partial charge in [-0.1, -0.05) is 42.8 Å². The number of ketones is 2. The second-order valence-electron chi connectivity index (χ2n) is 6.29. The number of benzene rings is 2. The molecular weight excluding hydrogens is 298 g/mol. The van der Waals surface area contributed by atoms with Gasteiger partial charge in [0.25, 0.3) is 0 Å². The predicted molar refractivity (Wildman–Crippen MR) is 93.7 cm³/mol. The molecule has 0 saturated carbocycles. The van der Waals surface area contributed by atoms with E-state index in [0.717, 1.165) is 22.9 Å². The maximum absolute atomic E-state index is 12.7. The first kappa shape index (κ1) is 14.8. The van der Waals surface area contributed by atoms with Gasteiger partial charge in [-0.25, -0.2) is 0 Å². The molecule has 0 spiro atoms. The highest BCUT2D eigenvalue weighted by Gasteiger charge is 2.40. The molecule has 0 unspecified atom stereocenters. The maximum atomic E-state index is 12.7. The zero-order chi connectivity index (χ0) is 16.8. The van der Waals surface area contributed by atoms with Crippen molar-refractivity contribution in [1.82, 2.24) is 4.98 Å². The van der Waals surface area contributed by atoms with Crippen LogP contribution < -0.4 is 0 Å². The summed E-state index contributed by atoms with van der Waals surface area (Å²) in [7, 11) is 0. The van der Waals surface area contributed by atoms with E-state index in [9.17, 15) is 9.59 Å². The number of aromatic nitrogens is 1. The third kappa shape index (κ3) is 2.08. The molecule has 0 atom stereocenters. The number of carbonyl (C=O) groups is 2. The lowest BCUT2D eigenvalue weighted by Gasteiger charge is -2.12. The maximum Gasteiger partial charge on any atom is 0.180 e. The molecular formula is C21H17NO2. The summed E-state index contributed by atoms with van der Waals surface area (Å²) in [5, 5.41) is 1.09. The molecule has 0 bridgehead atoms. The number of carbonyl (C=O) groups excluding carboxylic acids is 2. The summed E-state index contributed by atoms with van der Waals surface area (Å²) >= 11 is 0. The van der Waals surface area contributed by atoms with Gasteiger partial charge in [0, 0.05) is 16.5 Å². The van der Waals surface area contributed by atoms with Crippen molar-refractivity contribution in [1.29, 1.82) is 0 Å². The fourth-order valence-electron chi connectivity index (χ4n) is 3.48. The van der Waals surface area contributed by atoms with Crippen molar-refractivity contribution in [3.8, 4) is 0 Å². The molecule has 1 aliphatic carbocycles. The number of Topliss-reactive ketones (excluding diaryl/α,β-unsaturated/α-hetero) is 2. The van der Waals surface area contributed by atoms with Gasteiger partial charge in [0.05, 0.1) is 11.2 Å².